The fraction of sp³-hybridized carbons (Fsp3) is 0.580. The number of allylic oxidation sites excluding steroid dienone is 18. The molecule has 2 atom stereocenters. The predicted molar refractivity (Wildman–Crippen MR) is 240 cm³/mol. The minimum Gasteiger partial charge on any atom is -0.544 e. The Morgan fingerprint density at radius 2 is 1.00 bits per heavy atom. The molecule has 0 aliphatic heterocycles. The second kappa shape index (κ2) is 39.8. The highest BCUT2D eigenvalue weighted by Gasteiger charge is 2.25. The van der Waals surface area contributed by atoms with Gasteiger partial charge in [-0.25, -0.2) is 0 Å². The van der Waals surface area contributed by atoms with Crippen LogP contribution in [-0.4, -0.2) is 75.5 Å². The molecule has 326 valence electrons. The van der Waals surface area contributed by atoms with Gasteiger partial charge in [0.1, 0.15) is 12.6 Å². The van der Waals surface area contributed by atoms with Gasteiger partial charge in [-0.1, -0.05) is 155 Å². The Morgan fingerprint density at radius 1 is 0.534 bits per heavy atom. The van der Waals surface area contributed by atoms with E-state index in [1.54, 1.807) is 21.1 Å². The number of nitrogens with zero attached hydrogens (tertiary/aromatic N) is 1. The molecule has 0 N–H and O–H groups in total. The van der Waals surface area contributed by atoms with E-state index in [-0.39, 0.29) is 49.1 Å². The van der Waals surface area contributed by atoms with Crippen molar-refractivity contribution in [1.29, 1.82) is 0 Å². The van der Waals surface area contributed by atoms with Gasteiger partial charge in [0, 0.05) is 19.3 Å². The summed E-state index contributed by atoms with van der Waals surface area (Å²) in [6, 6.07) is -0.743. The van der Waals surface area contributed by atoms with Crippen LogP contribution in [0.1, 0.15) is 136 Å². The van der Waals surface area contributed by atoms with Crippen molar-refractivity contribution < 1.29 is 38.2 Å². The van der Waals surface area contributed by atoms with Gasteiger partial charge in [0.15, 0.2) is 6.10 Å². The lowest BCUT2D eigenvalue weighted by atomic mass is 10.1. The van der Waals surface area contributed by atoms with Gasteiger partial charge in [0.25, 0.3) is 0 Å². The molecule has 0 amide bonds. The number of hydrogen-bond acceptors (Lipinski definition) is 7. The third-order valence-corrected chi connectivity index (χ3v) is 9.03. The van der Waals surface area contributed by atoms with Crippen LogP contribution in [0, 0.1) is 0 Å². The summed E-state index contributed by atoms with van der Waals surface area (Å²) in [6.45, 7) is 4.31. The first-order valence-electron chi connectivity index (χ1n) is 22.0. The number of likely N-dealkylation sites (N-methyl/N-ethyl adjacent to an activating group) is 1. The third kappa shape index (κ3) is 37.6. The Labute approximate surface area is 353 Å². The van der Waals surface area contributed by atoms with Gasteiger partial charge in [-0.05, 0) is 70.6 Å². The number of carbonyl (C=O) groups is 3. The number of quaternary nitrogens is 1. The molecule has 0 aliphatic carbocycles. The van der Waals surface area contributed by atoms with E-state index >= 15 is 0 Å². The number of ether oxygens (including phenoxy) is 3. The fourth-order valence-electron chi connectivity index (χ4n) is 5.67. The van der Waals surface area contributed by atoms with Crippen molar-refractivity contribution in [3.8, 4) is 0 Å². The maximum Gasteiger partial charge on any atom is 0.306 e. The van der Waals surface area contributed by atoms with E-state index in [2.05, 4.69) is 74.6 Å². The van der Waals surface area contributed by atoms with E-state index < -0.39 is 18.1 Å². The van der Waals surface area contributed by atoms with Gasteiger partial charge >= 0.3 is 11.9 Å². The number of carboxylic acid groups (broad SMARTS) is 1. The first-order valence-corrected chi connectivity index (χ1v) is 22.0. The first kappa shape index (κ1) is 54.0. The Bertz CT molecular complexity index is 1310. The highest BCUT2D eigenvalue weighted by Crippen LogP contribution is 2.12. The molecule has 0 saturated heterocycles. The lowest BCUT2D eigenvalue weighted by Gasteiger charge is -2.34. The second-order valence-corrected chi connectivity index (χ2v) is 15.3. The van der Waals surface area contributed by atoms with E-state index in [0.29, 0.717) is 12.8 Å². The van der Waals surface area contributed by atoms with E-state index in [0.717, 1.165) is 83.5 Å². The number of unbranched alkanes of at least 4 members (excludes halogenated alkanes) is 9. The Hall–Kier alpha value is -4.01. The molecule has 0 heterocycles. The van der Waals surface area contributed by atoms with Gasteiger partial charge < -0.3 is 28.6 Å². The molecule has 0 rings (SSSR count). The smallest absolute Gasteiger partial charge is 0.306 e. The van der Waals surface area contributed by atoms with Gasteiger partial charge in [0.05, 0.1) is 40.3 Å². The molecule has 2 unspecified atom stereocenters. The van der Waals surface area contributed by atoms with Gasteiger partial charge in [-0.2, -0.15) is 0 Å². The van der Waals surface area contributed by atoms with E-state index in [1.807, 2.05) is 48.6 Å². The minimum atomic E-state index is -1.14. The molecule has 8 nitrogen and oxygen atoms in total. The molecule has 0 bridgehead atoms. The monoisotopic (exact) mass is 806 g/mol. The van der Waals surface area contributed by atoms with E-state index in [4.69, 9.17) is 14.2 Å². The molecular formula is C50H79NO7. The molecule has 0 aromatic carbocycles. The fourth-order valence-corrected chi connectivity index (χ4v) is 5.67. The van der Waals surface area contributed by atoms with Crippen molar-refractivity contribution in [1.82, 2.24) is 0 Å². The average molecular weight is 806 g/mol. The predicted octanol–water partition coefficient (Wildman–Crippen LogP) is 10.7. The maximum atomic E-state index is 12.7. The van der Waals surface area contributed by atoms with Crippen LogP contribution < -0.4 is 5.11 Å². The highest BCUT2D eigenvalue weighted by atomic mass is 16.6. The highest BCUT2D eigenvalue weighted by molar-refractivity contribution is 5.70. The van der Waals surface area contributed by atoms with Crippen LogP contribution in [0.5, 0.6) is 0 Å². The standard InChI is InChI=1S/C50H79NO7/c1-6-8-10-12-14-16-18-20-22-23-24-25-27-28-30-32-34-36-38-40-48(52)57-45-46(44-56-43-42-47(50(54)55)51(3,4)5)58-49(53)41-39-37-35-33-31-29-26-21-19-17-15-13-11-9-7-2/h8-11,13-17,19-22,24-26,29,31,46-47H,6-7,12,18,23,27-28,30,32-45H2,1-5H3/b10-8+,11-9+,15-13+,16-14+,19-17+,22-20+,25-24+,26-21+,31-29+. The van der Waals surface area contributed by atoms with Crippen molar-refractivity contribution in [2.75, 3.05) is 41.0 Å². The van der Waals surface area contributed by atoms with E-state index in [1.165, 1.54) is 12.8 Å². The van der Waals surface area contributed by atoms with Crippen LogP contribution in [0.4, 0.5) is 0 Å². The average Bonchev–Trinajstić information content (AvgIpc) is 3.18. The number of esters is 2. The maximum absolute atomic E-state index is 12.7. The summed E-state index contributed by atoms with van der Waals surface area (Å²) >= 11 is 0. The van der Waals surface area contributed by atoms with E-state index in [9.17, 15) is 19.5 Å². The summed E-state index contributed by atoms with van der Waals surface area (Å²) in [5.74, 6) is -1.83. The summed E-state index contributed by atoms with van der Waals surface area (Å²) in [7, 11) is 5.37. The normalized spacial score (nSPS) is 14.0. The SMILES string of the molecule is CC/C=C/C=C/C=C/C=C/C=C/CCCCCC(=O)OC(COCCC(C(=O)[O-])[N+](C)(C)C)COC(=O)CCCCCCCC/C=C/C/C=C/C/C=C/C/C=C/CC. The third-order valence-electron chi connectivity index (χ3n) is 9.03. The summed E-state index contributed by atoms with van der Waals surface area (Å²) in [5, 5.41) is 11.6. The molecule has 0 aliphatic rings. The topological polar surface area (TPSA) is 102 Å². The van der Waals surface area contributed by atoms with Crippen molar-refractivity contribution in [3.63, 3.8) is 0 Å². The van der Waals surface area contributed by atoms with Gasteiger partial charge in [-0.3, -0.25) is 9.59 Å². The molecule has 0 aromatic heterocycles. The summed E-state index contributed by atoms with van der Waals surface area (Å²) < 4.78 is 17.1. The molecular weight excluding hydrogens is 727 g/mol. The van der Waals surface area contributed by atoms with Crippen LogP contribution in [0.25, 0.3) is 0 Å². The Morgan fingerprint density at radius 3 is 1.57 bits per heavy atom. The lowest BCUT2D eigenvalue weighted by molar-refractivity contribution is -0.889. The zero-order chi connectivity index (χ0) is 42.8. The Kier molecular flexibility index (Phi) is 37.0. The zero-order valence-electron chi connectivity index (χ0n) is 36.9. The number of carboxylic acids is 1. The van der Waals surface area contributed by atoms with Crippen molar-refractivity contribution >= 4 is 17.9 Å². The minimum absolute atomic E-state index is 0.0105. The largest absolute Gasteiger partial charge is 0.544 e. The molecule has 0 spiro atoms. The zero-order valence-corrected chi connectivity index (χ0v) is 36.9. The summed E-state index contributed by atoms with van der Waals surface area (Å²) in [4.78, 5) is 36.9. The van der Waals surface area contributed by atoms with Crippen molar-refractivity contribution in [3.05, 3.63) is 109 Å². The quantitative estimate of drug-likeness (QED) is 0.0203. The molecule has 0 aromatic rings. The molecule has 0 fully saturated rings. The molecule has 0 radical (unpaired) electrons. The molecule has 58 heavy (non-hydrogen) atoms. The number of hydrogen-bond donors (Lipinski definition) is 0. The van der Waals surface area contributed by atoms with Crippen LogP contribution in [0.2, 0.25) is 0 Å². The van der Waals surface area contributed by atoms with Crippen molar-refractivity contribution in [2.24, 2.45) is 0 Å². The molecule has 0 saturated carbocycles. The summed E-state index contributed by atoms with van der Waals surface area (Å²) in [6.07, 6.45) is 54.0. The summed E-state index contributed by atoms with van der Waals surface area (Å²) in [5.41, 5.74) is 0. The Balaban J connectivity index is 4.46. The van der Waals surface area contributed by atoms with Crippen LogP contribution in [0.3, 0.4) is 0 Å². The number of rotatable bonds is 37. The second-order valence-electron chi connectivity index (χ2n) is 15.3. The van der Waals surface area contributed by atoms with Crippen LogP contribution in [0.15, 0.2) is 109 Å². The van der Waals surface area contributed by atoms with Gasteiger partial charge in [0.2, 0.25) is 0 Å². The van der Waals surface area contributed by atoms with Crippen LogP contribution in [-0.2, 0) is 28.6 Å². The van der Waals surface area contributed by atoms with Crippen molar-refractivity contribution in [2.45, 2.75) is 148 Å². The number of aliphatic carboxylic acids is 1. The molecule has 8 heteroatoms. The number of carbonyl (C=O) groups excluding carboxylic acids is 3. The first-order chi connectivity index (χ1) is 28.1. The van der Waals surface area contributed by atoms with Crippen LogP contribution >= 0.6 is 0 Å². The lowest BCUT2D eigenvalue weighted by Crippen LogP contribution is -2.55. The van der Waals surface area contributed by atoms with Gasteiger partial charge in [-0.15, -0.1) is 0 Å².